The zero-order valence-electron chi connectivity index (χ0n) is 7.53. The van der Waals surface area contributed by atoms with Gasteiger partial charge in [-0.3, -0.25) is 0 Å². The summed E-state index contributed by atoms with van der Waals surface area (Å²) in [4.78, 5) is 0. The van der Waals surface area contributed by atoms with Gasteiger partial charge in [0.2, 0.25) is 0 Å². The van der Waals surface area contributed by atoms with Crippen LogP contribution in [0.15, 0.2) is 34.4 Å². The van der Waals surface area contributed by atoms with E-state index in [9.17, 15) is 0 Å². The van der Waals surface area contributed by atoms with E-state index in [4.69, 9.17) is 23.2 Å². The molecule has 0 aromatic rings. The van der Waals surface area contributed by atoms with Gasteiger partial charge in [-0.1, -0.05) is 54.8 Å². The van der Waals surface area contributed by atoms with Crippen LogP contribution in [0.1, 0.15) is 26.7 Å². The Labute approximate surface area is 84.6 Å². The Morgan fingerprint density at radius 3 is 2.42 bits per heavy atom. The van der Waals surface area contributed by atoms with E-state index in [-0.39, 0.29) is 0 Å². The molecule has 0 aromatic heterocycles. The van der Waals surface area contributed by atoms with Gasteiger partial charge >= 0.3 is 0 Å². The SMILES string of the molecule is C=C/C(Cl)=C\C(Cl)=C(\C)CCC. The molecular formula is C10H14Cl2. The van der Waals surface area contributed by atoms with Gasteiger partial charge in [0.05, 0.1) is 0 Å². The summed E-state index contributed by atoms with van der Waals surface area (Å²) in [5.74, 6) is 0. The lowest BCUT2D eigenvalue weighted by molar-refractivity contribution is 0.903. The van der Waals surface area contributed by atoms with E-state index in [1.54, 1.807) is 12.2 Å². The van der Waals surface area contributed by atoms with Crippen molar-refractivity contribution in [2.24, 2.45) is 0 Å². The second-order valence-corrected chi connectivity index (χ2v) is 3.46. The molecule has 0 atom stereocenters. The fourth-order valence-corrected chi connectivity index (χ4v) is 1.17. The predicted octanol–water partition coefficient (Wildman–Crippen LogP) is 4.61. The predicted molar refractivity (Wildman–Crippen MR) is 57.6 cm³/mol. The van der Waals surface area contributed by atoms with Crippen LogP contribution in [0.3, 0.4) is 0 Å². The van der Waals surface area contributed by atoms with Gasteiger partial charge in [0, 0.05) is 10.1 Å². The Kier molecular flexibility index (Phi) is 6.23. The summed E-state index contributed by atoms with van der Waals surface area (Å²) in [6, 6.07) is 0. The lowest BCUT2D eigenvalue weighted by atomic mass is 10.1. The van der Waals surface area contributed by atoms with Crippen LogP contribution in [0.25, 0.3) is 0 Å². The molecule has 0 radical (unpaired) electrons. The molecule has 0 fully saturated rings. The second-order valence-electron chi connectivity index (χ2n) is 2.61. The maximum atomic E-state index is 5.95. The van der Waals surface area contributed by atoms with Crippen molar-refractivity contribution < 1.29 is 0 Å². The van der Waals surface area contributed by atoms with Gasteiger partial charge in [0.25, 0.3) is 0 Å². The molecule has 0 aliphatic rings. The lowest BCUT2D eigenvalue weighted by Gasteiger charge is -1.99. The third kappa shape index (κ3) is 4.63. The Morgan fingerprint density at radius 1 is 1.42 bits per heavy atom. The topological polar surface area (TPSA) is 0 Å². The minimum absolute atomic E-state index is 0.579. The van der Waals surface area contributed by atoms with Crippen molar-refractivity contribution in [1.29, 1.82) is 0 Å². The third-order valence-corrected chi connectivity index (χ3v) is 2.19. The molecule has 2 heteroatoms. The molecule has 0 N–H and O–H groups in total. The van der Waals surface area contributed by atoms with Crippen LogP contribution in [-0.2, 0) is 0 Å². The van der Waals surface area contributed by atoms with Crippen molar-refractivity contribution >= 4 is 23.2 Å². The lowest BCUT2D eigenvalue weighted by Crippen LogP contribution is -1.78. The van der Waals surface area contributed by atoms with Crippen molar-refractivity contribution in [2.45, 2.75) is 26.7 Å². The molecule has 68 valence electrons. The molecule has 12 heavy (non-hydrogen) atoms. The molecule has 0 nitrogen and oxygen atoms in total. The highest BCUT2D eigenvalue weighted by Crippen LogP contribution is 2.18. The normalized spacial score (nSPS) is 14.2. The Balaban J connectivity index is 4.44. The van der Waals surface area contributed by atoms with Gasteiger partial charge in [0.15, 0.2) is 0 Å². The highest BCUT2D eigenvalue weighted by Gasteiger charge is 1.95. The summed E-state index contributed by atoms with van der Waals surface area (Å²) in [5, 5.41) is 1.30. The van der Waals surface area contributed by atoms with Gasteiger partial charge < -0.3 is 0 Å². The molecule has 0 heterocycles. The quantitative estimate of drug-likeness (QED) is 0.588. The molecular weight excluding hydrogens is 191 g/mol. The number of hydrogen-bond donors (Lipinski definition) is 0. The summed E-state index contributed by atoms with van der Waals surface area (Å²) in [7, 11) is 0. The van der Waals surface area contributed by atoms with Gasteiger partial charge in [-0.05, 0) is 19.4 Å². The van der Waals surface area contributed by atoms with Gasteiger partial charge in [0.1, 0.15) is 0 Å². The maximum Gasteiger partial charge on any atom is 0.0414 e. The average Bonchev–Trinajstić information content (AvgIpc) is 2.04. The fraction of sp³-hybridized carbons (Fsp3) is 0.400. The molecule has 0 spiro atoms. The van der Waals surface area contributed by atoms with Crippen molar-refractivity contribution in [3.05, 3.63) is 34.4 Å². The van der Waals surface area contributed by atoms with Crippen LogP contribution in [0.5, 0.6) is 0 Å². The van der Waals surface area contributed by atoms with Crippen LogP contribution in [0.4, 0.5) is 0 Å². The summed E-state index contributed by atoms with van der Waals surface area (Å²) >= 11 is 11.7. The highest BCUT2D eigenvalue weighted by molar-refractivity contribution is 6.35. The zero-order valence-corrected chi connectivity index (χ0v) is 9.04. The summed E-state index contributed by atoms with van der Waals surface area (Å²) in [6.07, 6.45) is 5.41. The molecule has 0 aromatic carbocycles. The Morgan fingerprint density at radius 2 is 2.00 bits per heavy atom. The van der Waals surface area contributed by atoms with Crippen LogP contribution >= 0.6 is 23.2 Å². The minimum atomic E-state index is 0.579. The number of halogens is 2. The van der Waals surface area contributed by atoms with E-state index in [1.807, 2.05) is 6.92 Å². The Hall–Kier alpha value is -0.200. The first-order valence-electron chi connectivity index (χ1n) is 3.96. The summed E-state index contributed by atoms with van der Waals surface area (Å²) in [5.41, 5.74) is 1.17. The van der Waals surface area contributed by atoms with Crippen molar-refractivity contribution in [2.75, 3.05) is 0 Å². The van der Waals surface area contributed by atoms with E-state index < -0.39 is 0 Å². The number of rotatable bonds is 4. The fourth-order valence-electron chi connectivity index (χ4n) is 0.798. The van der Waals surface area contributed by atoms with E-state index in [0.29, 0.717) is 5.03 Å². The summed E-state index contributed by atoms with van der Waals surface area (Å²) < 4.78 is 0. The van der Waals surface area contributed by atoms with Crippen LogP contribution in [0, 0.1) is 0 Å². The van der Waals surface area contributed by atoms with Crippen molar-refractivity contribution in [3.8, 4) is 0 Å². The molecule has 0 saturated heterocycles. The monoisotopic (exact) mass is 204 g/mol. The summed E-state index contributed by atoms with van der Waals surface area (Å²) in [6.45, 7) is 7.66. The van der Waals surface area contributed by atoms with E-state index in [0.717, 1.165) is 17.9 Å². The maximum absolute atomic E-state index is 5.95. The van der Waals surface area contributed by atoms with Gasteiger partial charge in [-0.2, -0.15) is 0 Å². The smallest absolute Gasteiger partial charge is 0.0414 e. The van der Waals surface area contributed by atoms with Gasteiger partial charge in [-0.25, -0.2) is 0 Å². The largest absolute Gasteiger partial charge is 0.0976 e. The molecule has 0 unspecified atom stereocenters. The highest BCUT2D eigenvalue weighted by atomic mass is 35.5. The van der Waals surface area contributed by atoms with Crippen LogP contribution in [0.2, 0.25) is 0 Å². The van der Waals surface area contributed by atoms with Crippen molar-refractivity contribution in [1.82, 2.24) is 0 Å². The second kappa shape index (κ2) is 6.33. The minimum Gasteiger partial charge on any atom is -0.0976 e. The first-order valence-corrected chi connectivity index (χ1v) is 4.72. The number of allylic oxidation sites excluding steroid dienone is 5. The number of hydrogen-bond acceptors (Lipinski definition) is 0. The van der Waals surface area contributed by atoms with E-state index in [2.05, 4.69) is 13.5 Å². The molecule has 0 aliphatic carbocycles. The molecule has 0 amide bonds. The van der Waals surface area contributed by atoms with Crippen LogP contribution < -0.4 is 0 Å². The van der Waals surface area contributed by atoms with Gasteiger partial charge in [-0.15, -0.1) is 0 Å². The average molecular weight is 205 g/mol. The molecule has 0 aliphatic heterocycles. The Bertz CT molecular complexity index is 212. The van der Waals surface area contributed by atoms with E-state index in [1.165, 1.54) is 5.57 Å². The van der Waals surface area contributed by atoms with E-state index >= 15 is 0 Å². The molecule has 0 bridgehead atoms. The first-order chi connectivity index (χ1) is 5.61. The van der Waals surface area contributed by atoms with Crippen molar-refractivity contribution in [3.63, 3.8) is 0 Å². The molecule has 0 rings (SSSR count). The molecule has 0 saturated carbocycles. The van der Waals surface area contributed by atoms with Crippen LogP contribution in [-0.4, -0.2) is 0 Å². The first kappa shape index (κ1) is 11.8. The third-order valence-electron chi connectivity index (χ3n) is 1.49. The standard InChI is InChI=1S/C10H14Cl2/c1-4-6-8(3)10(12)7-9(11)5-2/h5,7H,2,4,6H2,1,3H3/b9-7+,10-8+. The zero-order chi connectivity index (χ0) is 9.56.